The van der Waals surface area contributed by atoms with E-state index in [0.717, 1.165) is 25.0 Å². The second-order valence-corrected chi connectivity index (χ2v) is 7.00. The summed E-state index contributed by atoms with van der Waals surface area (Å²) in [5.41, 5.74) is 1.07. The second-order valence-electron chi connectivity index (χ2n) is 4.73. The molecule has 96 valence electrons. The van der Waals surface area contributed by atoms with Crippen LogP contribution in [-0.2, 0) is 23.4 Å². The van der Waals surface area contributed by atoms with E-state index < -0.39 is 9.84 Å². The molecule has 1 heterocycles. The highest BCUT2D eigenvalue weighted by molar-refractivity contribution is 7.91. The van der Waals surface area contributed by atoms with Crippen LogP contribution in [0.5, 0.6) is 0 Å². The minimum atomic E-state index is -2.94. The molecule has 1 aromatic heterocycles. The van der Waals surface area contributed by atoms with E-state index in [9.17, 15) is 8.42 Å². The van der Waals surface area contributed by atoms with Crippen LogP contribution < -0.4 is 5.32 Å². The van der Waals surface area contributed by atoms with E-state index in [2.05, 4.69) is 10.4 Å². The van der Waals surface area contributed by atoms with E-state index in [0.29, 0.717) is 6.54 Å². The van der Waals surface area contributed by atoms with Gasteiger partial charge in [0.05, 0.1) is 10.9 Å². The van der Waals surface area contributed by atoms with E-state index in [1.54, 1.807) is 10.9 Å². The van der Waals surface area contributed by atoms with Crippen molar-refractivity contribution in [3.8, 4) is 0 Å². The third-order valence-electron chi connectivity index (χ3n) is 3.47. The molecule has 2 unspecified atom stereocenters. The summed E-state index contributed by atoms with van der Waals surface area (Å²) in [4.78, 5) is 0. The van der Waals surface area contributed by atoms with Crippen LogP contribution in [0.25, 0.3) is 0 Å². The van der Waals surface area contributed by atoms with Gasteiger partial charge in [0.1, 0.15) is 0 Å². The number of aryl methyl sites for hydroxylation is 1. The van der Waals surface area contributed by atoms with Crippen molar-refractivity contribution >= 4 is 9.84 Å². The summed E-state index contributed by atoms with van der Waals surface area (Å²) >= 11 is 0. The Labute approximate surface area is 102 Å². The highest BCUT2D eigenvalue weighted by atomic mass is 32.2. The largest absolute Gasteiger partial charge is 0.307 e. The first kappa shape index (κ1) is 12.6. The number of aromatic nitrogens is 2. The van der Waals surface area contributed by atoms with Crippen molar-refractivity contribution in [2.75, 3.05) is 6.26 Å². The van der Waals surface area contributed by atoms with E-state index in [4.69, 9.17) is 0 Å². The Bertz CT molecular complexity index is 481. The lowest BCUT2D eigenvalue weighted by Crippen LogP contribution is -2.39. The molecule has 2 rings (SSSR count). The van der Waals surface area contributed by atoms with Crippen LogP contribution in [0.15, 0.2) is 12.3 Å². The number of hydrogen-bond acceptors (Lipinski definition) is 4. The van der Waals surface area contributed by atoms with Gasteiger partial charge in [-0.25, -0.2) is 8.42 Å². The molecular formula is C11H19N3O2S. The van der Waals surface area contributed by atoms with Crippen molar-refractivity contribution in [2.45, 2.75) is 37.1 Å². The Balaban J connectivity index is 1.98. The Morgan fingerprint density at radius 3 is 2.88 bits per heavy atom. The SMILES string of the molecule is Cn1nccc1CNC1CCCC1S(C)(=O)=O. The molecule has 1 N–H and O–H groups in total. The molecule has 0 bridgehead atoms. The molecule has 0 amide bonds. The van der Waals surface area contributed by atoms with Gasteiger partial charge in [0, 0.05) is 32.1 Å². The molecule has 0 saturated heterocycles. The van der Waals surface area contributed by atoms with Crippen molar-refractivity contribution in [3.63, 3.8) is 0 Å². The highest BCUT2D eigenvalue weighted by Gasteiger charge is 2.34. The maximum absolute atomic E-state index is 11.6. The molecule has 17 heavy (non-hydrogen) atoms. The Hall–Kier alpha value is -0.880. The fraction of sp³-hybridized carbons (Fsp3) is 0.727. The fourth-order valence-corrected chi connectivity index (χ4v) is 3.91. The minimum absolute atomic E-state index is 0.0832. The van der Waals surface area contributed by atoms with E-state index in [1.165, 1.54) is 6.26 Å². The molecule has 5 nitrogen and oxygen atoms in total. The molecule has 0 radical (unpaired) electrons. The van der Waals surface area contributed by atoms with Gasteiger partial charge in [-0.05, 0) is 18.9 Å². The zero-order valence-electron chi connectivity index (χ0n) is 10.3. The van der Waals surface area contributed by atoms with Crippen molar-refractivity contribution in [3.05, 3.63) is 18.0 Å². The normalized spacial score (nSPS) is 25.3. The van der Waals surface area contributed by atoms with Gasteiger partial charge in [-0.1, -0.05) is 6.42 Å². The first-order valence-electron chi connectivity index (χ1n) is 5.87. The standard InChI is InChI=1S/C11H19N3O2S/c1-14-9(6-7-13-14)8-12-10-4-3-5-11(10)17(2,15)16/h6-7,10-12H,3-5,8H2,1-2H3. The Morgan fingerprint density at radius 2 is 2.29 bits per heavy atom. The van der Waals surface area contributed by atoms with Gasteiger partial charge < -0.3 is 5.32 Å². The van der Waals surface area contributed by atoms with Crippen LogP contribution in [0.3, 0.4) is 0 Å². The maximum Gasteiger partial charge on any atom is 0.151 e. The van der Waals surface area contributed by atoms with Crippen LogP contribution in [0.2, 0.25) is 0 Å². The minimum Gasteiger partial charge on any atom is -0.307 e. The summed E-state index contributed by atoms with van der Waals surface area (Å²) < 4.78 is 25.0. The Morgan fingerprint density at radius 1 is 1.53 bits per heavy atom. The van der Waals surface area contributed by atoms with E-state index in [1.807, 2.05) is 13.1 Å². The van der Waals surface area contributed by atoms with Gasteiger partial charge in [0.25, 0.3) is 0 Å². The van der Waals surface area contributed by atoms with Crippen LogP contribution in [0.4, 0.5) is 0 Å². The number of hydrogen-bond donors (Lipinski definition) is 1. The second kappa shape index (κ2) is 4.78. The molecule has 1 saturated carbocycles. The van der Waals surface area contributed by atoms with Crippen molar-refractivity contribution in [2.24, 2.45) is 7.05 Å². The first-order valence-corrected chi connectivity index (χ1v) is 7.83. The molecule has 0 aromatic carbocycles. The number of rotatable bonds is 4. The monoisotopic (exact) mass is 257 g/mol. The quantitative estimate of drug-likeness (QED) is 0.852. The third-order valence-corrected chi connectivity index (χ3v) is 5.13. The molecule has 0 spiro atoms. The number of sulfone groups is 1. The topological polar surface area (TPSA) is 64.0 Å². The summed E-state index contributed by atoms with van der Waals surface area (Å²) in [5, 5.41) is 7.20. The van der Waals surface area contributed by atoms with Crippen LogP contribution >= 0.6 is 0 Å². The molecule has 1 aliphatic carbocycles. The average molecular weight is 257 g/mol. The fourth-order valence-electron chi connectivity index (χ4n) is 2.48. The summed E-state index contributed by atoms with van der Waals surface area (Å²) in [6.45, 7) is 0.674. The lowest BCUT2D eigenvalue weighted by atomic mass is 10.2. The van der Waals surface area contributed by atoms with Gasteiger partial charge in [0.15, 0.2) is 9.84 Å². The lowest BCUT2D eigenvalue weighted by molar-refractivity contribution is 0.495. The molecule has 1 aliphatic rings. The number of nitrogens with zero attached hydrogens (tertiary/aromatic N) is 2. The van der Waals surface area contributed by atoms with Gasteiger partial charge >= 0.3 is 0 Å². The smallest absolute Gasteiger partial charge is 0.151 e. The van der Waals surface area contributed by atoms with Crippen LogP contribution in [0.1, 0.15) is 25.0 Å². The summed E-state index contributed by atoms with van der Waals surface area (Å²) in [6.07, 6.45) is 5.79. The zero-order valence-corrected chi connectivity index (χ0v) is 11.1. The summed E-state index contributed by atoms with van der Waals surface area (Å²) in [7, 11) is -1.05. The molecule has 2 atom stereocenters. The average Bonchev–Trinajstić information content (AvgIpc) is 2.82. The first-order chi connectivity index (χ1) is 7.98. The molecule has 1 aromatic rings. The molecule has 1 fully saturated rings. The van der Waals surface area contributed by atoms with E-state index in [-0.39, 0.29) is 11.3 Å². The molecule has 6 heteroatoms. The van der Waals surface area contributed by atoms with Crippen molar-refractivity contribution in [1.82, 2.24) is 15.1 Å². The van der Waals surface area contributed by atoms with Crippen molar-refractivity contribution < 1.29 is 8.42 Å². The predicted octanol–water partition coefficient (Wildman–Crippen LogP) is 0.475. The van der Waals surface area contributed by atoms with Crippen LogP contribution in [-0.4, -0.2) is 35.7 Å². The van der Waals surface area contributed by atoms with Crippen LogP contribution in [0, 0.1) is 0 Å². The third kappa shape index (κ3) is 2.87. The predicted molar refractivity (Wildman–Crippen MR) is 66.3 cm³/mol. The van der Waals surface area contributed by atoms with Gasteiger partial charge in [0.2, 0.25) is 0 Å². The van der Waals surface area contributed by atoms with Gasteiger partial charge in [-0.2, -0.15) is 5.10 Å². The molecule has 0 aliphatic heterocycles. The molecular weight excluding hydrogens is 238 g/mol. The van der Waals surface area contributed by atoms with Gasteiger partial charge in [-0.15, -0.1) is 0 Å². The maximum atomic E-state index is 11.6. The highest BCUT2D eigenvalue weighted by Crippen LogP contribution is 2.25. The van der Waals surface area contributed by atoms with E-state index >= 15 is 0 Å². The van der Waals surface area contributed by atoms with Crippen molar-refractivity contribution in [1.29, 1.82) is 0 Å². The van der Waals surface area contributed by atoms with Gasteiger partial charge in [-0.3, -0.25) is 4.68 Å². The summed E-state index contributed by atoms with van der Waals surface area (Å²) in [5.74, 6) is 0. The zero-order chi connectivity index (χ0) is 12.5. The lowest BCUT2D eigenvalue weighted by Gasteiger charge is -2.19. The Kier molecular flexibility index (Phi) is 3.53. The number of nitrogens with one attached hydrogen (secondary N) is 1. The summed E-state index contributed by atoms with van der Waals surface area (Å²) in [6, 6.07) is 2.03.